The summed E-state index contributed by atoms with van der Waals surface area (Å²) in [5, 5.41) is 0. The van der Waals surface area contributed by atoms with Crippen molar-refractivity contribution in [2.45, 2.75) is 45.8 Å². The number of hydrogen-bond donors (Lipinski definition) is 0. The molecule has 0 aromatic heterocycles. The van der Waals surface area contributed by atoms with Gasteiger partial charge in [-0.05, 0) is 44.0 Å². The second-order valence-corrected chi connectivity index (χ2v) is 8.35. The number of carbonyl (C=O) groups is 1. The van der Waals surface area contributed by atoms with Gasteiger partial charge in [0.05, 0.1) is 5.69 Å². The van der Waals surface area contributed by atoms with E-state index in [9.17, 15) is 4.79 Å². The van der Waals surface area contributed by atoms with E-state index in [0.717, 1.165) is 17.2 Å². The highest BCUT2D eigenvalue weighted by Gasteiger charge is 2.39. The zero-order valence-electron chi connectivity index (χ0n) is 18.4. The van der Waals surface area contributed by atoms with Gasteiger partial charge in [-0.15, -0.1) is 0 Å². The topological polar surface area (TPSA) is 35.9 Å². The number of amides is 1. The summed E-state index contributed by atoms with van der Waals surface area (Å²) in [6.07, 6.45) is 0.600. The molecule has 1 heterocycles. The molecule has 4 rings (SSSR count). The van der Waals surface area contributed by atoms with Crippen LogP contribution in [0.3, 0.4) is 0 Å². The first-order chi connectivity index (χ1) is 15.0. The largest absolute Gasteiger partial charge is 0.335 e. The highest BCUT2D eigenvalue weighted by atomic mass is 16.2. The molecule has 0 aliphatic carbocycles. The van der Waals surface area contributed by atoms with Crippen molar-refractivity contribution in [1.82, 2.24) is 4.90 Å². The lowest BCUT2D eigenvalue weighted by Gasteiger charge is -2.33. The maximum atomic E-state index is 13.6. The van der Waals surface area contributed by atoms with Gasteiger partial charge >= 0.3 is 0 Å². The molecule has 0 N–H and O–H groups in total. The van der Waals surface area contributed by atoms with Crippen LogP contribution >= 0.6 is 0 Å². The van der Waals surface area contributed by atoms with E-state index in [4.69, 9.17) is 4.99 Å². The minimum Gasteiger partial charge on any atom is -0.335 e. The summed E-state index contributed by atoms with van der Waals surface area (Å²) in [5.74, 6) is 0.759. The highest BCUT2D eigenvalue weighted by Crippen LogP contribution is 2.27. The van der Waals surface area contributed by atoms with Crippen LogP contribution in [0.15, 0.2) is 89.9 Å². The van der Waals surface area contributed by atoms with Crippen molar-refractivity contribution in [3.63, 3.8) is 0 Å². The first kappa shape index (κ1) is 20.9. The van der Waals surface area contributed by atoms with Gasteiger partial charge < -0.3 is 4.90 Å². The molecule has 4 heteroatoms. The van der Waals surface area contributed by atoms with E-state index >= 15 is 0 Å². The second-order valence-electron chi connectivity index (χ2n) is 8.35. The van der Waals surface area contributed by atoms with Gasteiger partial charge in [0.2, 0.25) is 5.96 Å². The van der Waals surface area contributed by atoms with Gasteiger partial charge in [-0.25, -0.2) is 9.89 Å². The number of carbonyl (C=O) groups excluding carboxylic acids is 1. The van der Waals surface area contributed by atoms with E-state index < -0.39 is 6.04 Å². The molecule has 4 nitrogen and oxygen atoms in total. The Kier molecular flexibility index (Phi) is 6.17. The van der Waals surface area contributed by atoms with E-state index in [1.54, 1.807) is 4.90 Å². The van der Waals surface area contributed by atoms with E-state index in [2.05, 4.69) is 49.9 Å². The van der Waals surface area contributed by atoms with Crippen LogP contribution in [-0.2, 0) is 17.8 Å². The molecule has 1 aliphatic rings. The standard InChI is InChI=1S/C27H29N3O/c1-20(2)29(19-23-12-8-5-9-13-23)27-28-25(18-22-10-6-4-7-11-22)26(31)30(27)24-16-14-21(3)15-17-24/h4-17,20,25H,18-19H2,1-3H3. The number of aliphatic imine (C=N–C) groups is 1. The molecule has 1 unspecified atom stereocenters. The lowest BCUT2D eigenvalue weighted by molar-refractivity contribution is -0.118. The molecule has 0 radical (unpaired) electrons. The average Bonchev–Trinajstić information content (AvgIpc) is 3.09. The number of hydrogen-bond acceptors (Lipinski definition) is 3. The summed E-state index contributed by atoms with van der Waals surface area (Å²) in [6, 6.07) is 28.3. The van der Waals surface area contributed by atoms with Crippen molar-refractivity contribution in [3.8, 4) is 0 Å². The van der Waals surface area contributed by atoms with Gasteiger partial charge in [0, 0.05) is 19.0 Å². The minimum atomic E-state index is -0.421. The van der Waals surface area contributed by atoms with E-state index in [0.29, 0.717) is 13.0 Å². The predicted molar refractivity (Wildman–Crippen MR) is 127 cm³/mol. The van der Waals surface area contributed by atoms with Crippen LogP contribution in [0.5, 0.6) is 0 Å². The molecule has 1 amide bonds. The number of guanidine groups is 1. The Morgan fingerprint density at radius 1 is 0.871 bits per heavy atom. The summed E-state index contributed by atoms with van der Waals surface area (Å²) in [7, 11) is 0. The molecular weight excluding hydrogens is 382 g/mol. The fraction of sp³-hybridized carbons (Fsp3) is 0.259. The summed E-state index contributed by atoms with van der Waals surface area (Å²) in [6.45, 7) is 7.05. The van der Waals surface area contributed by atoms with Crippen molar-refractivity contribution in [1.29, 1.82) is 0 Å². The number of anilines is 1. The van der Waals surface area contributed by atoms with Crippen molar-refractivity contribution in [2.75, 3.05) is 4.90 Å². The lowest BCUT2D eigenvalue weighted by Crippen LogP contribution is -2.47. The summed E-state index contributed by atoms with van der Waals surface area (Å²) >= 11 is 0. The SMILES string of the molecule is Cc1ccc(N2C(=O)C(Cc3ccccc3)N=C2N(Cc2ccccc2)C(C)C)cc1. The van der Waals surface area contributed by atoms with Crippen LogP contribution in [0.2, 0.25) is 0 Å². The number of aryl methyl sites for hydroxylation is 1. The monoisotopic (exact) mass is 411 g/mol. The predicted octanol–water partition coefficient (Wildman–Crippen LogP) is 5.22. The number of benzene rings is 3. The Labute approximate surface area is 184 Å². The van der Waals surface area contributed by atoms with Gasteiger partial charge in [-0.2, -0.15) is 0 Å². The maximum absolute atomic E-state index is 13.6. The first-order valence-electron chi connectivity index (χ1n) is 10.9. The third-order valence-electron chi connectivity index (χ3n) is 5.62. The first-order valence-corrected chi connectivity index (χ1v) is 10.9. The highest BCUT2D eigenvalue weighted by molar-refractivity contribution is 6.22. The van der Waals surface area contributed by atoms with Gasteiger partial charge in [0.15, 0.2) is 0 Å². The maximum Gasteiger partial charge on any atom is 0.259 e. The van der Waals surface area contributed by atoms with Crippen LogP contribution in [0.4, 0.5) is 5.69 Å². The molecular formula is C27H29N3O. The minimum absolute atomic E-state index is 0.0291. The van der Waals surface area contributed by atoms with Crippen LogP contribution in [0.25, 0.3) is 0 Å². The third-order valence-corrected chi connectivity index (χ3v) is 5.62. The van der Waals surface area contributed by atoms with Crippen molar-refractivity contribution < 1.29 is 4.79 Å². The quantitative estimate of drug-likeness (QED) is 0.558. The van der Waals surface area contributed by atoms with Gasteiger partial charge in [0.1, 0.15) is 6.04 Å². The van der Waals surface area contributed by atoms with Gasteiger partial charge in [-0.3, -0.25) is 4.79 Å². The molecule has 0 bridgehead atoms. The van der Waals surface area contributed by atoms with Crippen molar-refractivity contribution in [2.24, 2.45) is 4.99 Å². The normalized spacial score (nSPS) is 16.0. The van der Waals surface area contributed by atoms with E-state index in [-0.39, 0.29) is 11.9 Å². The second kappa shape index (κ2) is 9.17. The molecule has 1 aliphatic heterocycles. The number of rotatable bonds is 6. The van der Waals surface area contributed by atoms with Crippen molar-refractivity contribution >= 4 is 17.6 Å². The lowest BCUT2D eigenvalue weighted by atomic mass is 10.1. The van der Waals surface area contributed by atoms with Crippen LogP contribution in [-0.4, -0.2) is 28.9 Å². The van der Waals surface area contributed by atoms with Gasteiger partial charge in [0.25, 0.3) is 5.91 Å². The Bertz CT molecular complexity index is 1040. The van der Waals surface area contributed by atoms with E-state index in [1.165, 1.54) is 11.1 Å². The summed E-state index contributed by atoms with van der Waals surface area (Å²) in [4.78, 5) is 22.6. The Morgan fingerprint density at radius 3 is 2.03 bits per heavy atom. The number of nitrogens with zero attached hydrogens (tertiary/aromatic N) is 3. The molecule has 3 aromatic rings. The smallest absolute Gasteiger partial charge is 0.259 e. The average molecular weight is 412 g/mol. The molecule has 0 spiro atoms. The van der Waals surface area contributed by atoms with Gasteiger partial charge in [-0.1, -0.05) is 78.4 Å². The molecule has 0 fully saturated rings. The van der Waals surface area contributed by atoms with Crippen LogP contribution < -0.4 is 4.90 Å². The molecule has 158 valence electrons. The van der Waals surface area contributed by atoms with Crippen molar-refractivity contribution in [3.05, 3.63) is 102 Å². The molecule has 1 atom stereocenters. The summed E-state index contributed by atoms with van der Waals surface area (Å²) < 4.78 is 0. The van der Waals surface area contributed by atoms with Crippen LogP contribution in [0.1, 0.15) is 30.5 Å². The fourth-order valence-electron chi connectivity index (χ4n) is 3.87. The Hall–Kier alpha value is -3.40. The summed E-state index contributed by atoms with van der Waals surface area (Å²) in [5.41, 5.74) is 4.35. The van der Waals surface area contributed by atoms with Crippen LogP contribution in [0, 0.1) is 6.92 Å². The van der Waals surface area contributed by atoms with E-state index in [1.807, 2.05) is 60.7 Å². The molecule has 0 saturated heterocycles. The zero-order valence-corrected chi connectivity index (χ0v) is 18.4. The Morgan fingerprint density at radius 2 is 1.45 bits per heavy atom. The molecule has 31 heavy (non-hydrogen) atoms. The fourth-order valence-corrected chi connectivity index (χ4v) is 3.87. The zero-order chi connectivity index (χ0) is 21.8. The molecule has 3 aromatic carbocycles. The Balaban J connectivity index is 1.71. The molecule has 0 saturated carbocycles. The third kappa shape index (κ3) is 4.69.